The summed E-state index contributed by atoms with van der Waals surface area (Å²) in [7, 11) is 0. The molecule has 0 atom stereocenters. The molecule has 10 aromatic carbocycles. The molecule has 0 heterocycles. The minimum absolute atomic E-state index is 1.17. The Morgan fingerprint density at radius 2 is 0.769 bits per heavy atom. The largest absolute Gasteiger partial charge is 0.0616 e. The minimum Gasteiger partial charge on any atom is -0.0616 e. The summed E-state index contributed by atoms with van der Waals surface area (Å²) >= 11 is 0. The highest BCUT2D eigenvalue weighted by atomic mass is 14.2. The van der Waals surface area contributed by atoms with Crippen LogP contribution >= 0.6 is 0 Å². The third kappa shape index (κ3) is 5.08. The van der Waals surface area contributed by atoms with Crippen LogP contribution in [0.5, 0.6) is 0 Å². The maximum absolute atomic E-state index is 2.34. The van der Waals surface area contributed by atoms with Crippen LogP contribution in [-0.4, -0.2) is 0 Å². The highest BCUT2D eigenvalue weighted by Crippen LogP contribution is 2.44. The van der Waals surface area contributed by atoms with Crippen molar-refractivity contribution in [2.45, 2.75) is 0 Å². The van der Waals surface area contributed by atoms with Crippen LogP contribution < -0.4 is 0 Å². The van der Waals surface area contributed by atoms with E-state index < -0.39 is 0 Å². The van der Waals surface area contributed by atoms with Crippen molar-refractivity contribution in [1.29, 1.82) is 0 Å². The van der Waals surface area contributed by atoms with Gasteiger partial charge in [0.1, 0.15) is 0 Å². The van der Waals surface area contributed by atoms with Crippen LogP contribution in [0.2, 0.25) is 0 Å². The van der Waals surface area contributed by atoms with Crippen molar-refractivity contribution >= 4 is 66.0 Å². The second-order valence-corrected chi connectivity index (χ2v) is 13.6. The Bertz CT molecular complexity index is 2930. The van der Waals surface area contributed by atoms with Crippen LogP contribution in [0.3, 0.4) is 0 Å². The second kappa shape index (κ2) is 12.5. The van der Waals surface area contributed by atoms with Gasteiger partial charge >= 0.3 is 0 Å². The number of hydrogen-bond donors (Lipinski definition) is 0. The van der Waals surface area contributed by atoms with E-state index >= 15 is 0 Å². The third-order valence-electron chi connectivity index (χ3n) is 10.7. The van der Waals surface area contributed by atoms with Crippen LogP contribution in [-0.2, 0) is 0 Å². The predicted octanol–water partition coefficient (Wildman–Crippen LogP) is 14.6. The highest BCUT2D eigenvalue weighted by molar-refractivity contribution is 6.21. The molecule has 0 radical (unpaired) electrons. The van der Waals surface area contributed by atoms with Crippen molar-refractivity contribution in [2.24, 2.45) is 0 Å². The zero-order valence-electron chi connectivity index (χ0n) is 28.6. The van der Waals surface area contributed by atoms with Gasteiger partial charge in [0.15, 0.2) is 0 Å². The van der Waals surface area contributed by atoms with Crippen molar-refractivity contribution in [1.82, 2.24) is 0 Å². The standard InChI is InChI=1S/C52H34/c1-2-14-40-34-41(31-30-36(40)12-1)52-49-21-9-7-19-47(49)51(48-20-8-10-22-50(48)52)39-28-25-35(26-29-39)24-27-38-32-33-46(44-18-6-5-17-43(38)44)45-23-11-15-37-13-3-4-16-42(37)45/h1-34H/b27-24+. The van der Waals surface area contributed by atoms with Crippen LogP contribution in [0.1, 0.15) is 11.1 Å². The van der Waals surface area contributed by atoms with Crippen LogP contribution in [0, 0.1) is 0 Å². The lowest BCUT2D eigenvalue weighted by Crippen LogP contribution is -1.91. The number of rotatable bonds is 5. The minimum atomic E-state index is 1.17. The normalized spacial score (nSPS) is 11.8. The second-order valence-electron chi connectivity index (χ2n) is 13.6. The summed E-state index contributed by atoms with van der Waals surface area (Å²) in [5.74, 6) is 0. The zero-order chi connectivity index (χ0) is 34.4. The van der Waals surface area contributed by atoms with E-state index in [2.05, 4.69) is 206 Å². The first-order valence-corrected chi connectivity index (χ1v) is 18.0. The fourth-order valence-corrected chi connectivity index (χ4v) is 8.21. The van der Waals surface area contributed by atoms with Gasteiger partial charge in [0.05, 0.1) is 0 Å². The van der Waals surface area contributed by atoms with Gasteiger partial charge in [0, 0.05) is 0 Å². The average Bonchev–Trinajstić information content (AvgIpc) is 3.22. The topological polar surface area (TPSA) is 0 Å². The Balaban J connectivity index is 1.04. The smallest absolute Gasteiger partial charge is 0.00262 e. The lowest BCUT2D eigenvalue weighted by Gasteiger charge is -2.18. The van der Waals surface area contributed by atoms with E-state index in [9.17, 15) is 0 Å². The summed E-state index contributed by atoms with van der Waals surface area (Å²) in [5.41, 5.74) is 9.96. The van der Waals surface area contributed by atoms with E-state index in [0.29, 0.717) is 0 Å². The number of fused-ring (bicyclic) bond motifs is 5. The molecule has 0 amide bonds. The van der Waals surface area contributed by atoms with Crippen LogP contribution in [0.4, 0.5) is 0 Å². The van der Waals surface area contributed by atoms with Gasteiger partial charge in [-0.15, -0.1) is 0 Å². The van der Waals surface area contributed by atoms with Gasteiger partial charge in [-0.25, -0.2) is 0 Å². The Labute approximate surface area is 303 Å². The summed E-state index contributed by atoms with van der Waals surface area (Å²) in [5, 5.41) is 12.7. The Kier molecular flexibility index (Phi) is 7.25. The van der Waals surface area contributed by atoms with Crippen molar-refractivity contribution in [2.75, 3.05) is 0 Å². The molecule has 0 saturated heterocycles. The first kappa shape index (κ1) is 30.1. The Hall–Kier alpha value is -6.76. The maximum atomic E-state index is 2.34. The average molecular weight is 659 g/mol. The quantitative estimate of drug-likeness (QED) is 0.128. The van der Waals surface area contributed by atoms with Gasteiger partial charge in [-0.05, 0) is 104 Å². The first-order chi connectivity index (χ1) is 25.8. The van der Waals surface area contributed by atoms with E-state index in [0.717, 1.165) is 0 Å². The van der Waals surface area contributed by atoms with Crippen LogP contribution in [0.15, 0.2) is 194 Å². The summed E-state index contributed by atoms with van der Waals surface area (Å²) in [6.45, 7) is 0. The molecule has 0 heteroatoms. The first-order valence-electron chi connectivity index (χ1n) is 18.0. The fourth-order valence-electron chi connectivity index (χ4n) is 8.21. The molecule has 0 aliphatic carbocycles. The van der Waals surface area contributed by atoms with E-state index in [1.165, 1.54) is 98.4 Å². The monoisotopic (exact) mass is 658 g/mol. The third-order valence-corrected chi connectivity index (χ3v) is 10.7. The van der Waals surface area contributed by atoms with Crippen molar-refractivity contribution in [3.05, 3.63) is 205 Å². The summed E-state index contributed by atoms with van der Waals surface area (Å²) in [6.07, 6.45) is 4.50. The van der Waals surface area contributed by atoms with Gasteiger partial charge in [-0.2, -0.15) is 0 Å². The van der Waals surface area contributed by atoms with Crippen LogP contribution in [0.25, 0.3) is 99.4 Å². The van der Waals surface area contributed by atoms with E-state index in [1.807, 2.05) is 0 Å². The predicted molar refractivity (Wildman–Crippen MR) is 226 cm³/mol. The molecule has 0 spiro atoms. The van der Waals surface area contributed by atoms with Gasteiger partial charge in [-0.3, -0.25) is 0 Å². The fraction of sp³-hybridized carbons (Fsp3) is 0. The lowest BCUT2D eigenvalue weighted by molar-refractivity contribution is 1.63. The van der Waals surface area contributed by atoms with Gasteiger partial charge in [0.2, 0.25) is 0 Å². The van der Waals surface area contributed by atoms with E-state index in [4.69, 9.17) is 0 Å². The SMILES string of the molecule is C(=C\c1ccc(-c2cccc3ccccc23)c2ccccc12)/c1ccc(-c2c3ccccc3c(-c3ccc4ccccc4c3)c3ccccc23)cc1. The molecule has 10 aromatic rings. The Morgan fingerprint density at radius 1 is 0.269 bits per heavy atom. The molecule has 0 aliphatic rings. The van der Waals surface area contributed by atoms with Gasteiger partial charge in [-0.1, -0.05) is 200 Å². The molecule has 0 aromatic heterocycles. The highest BCUT2D eigenvalue weighted by Gasteiger charge is 2.17. The maximum Gasteiger partial charge on any atom is -0.00262 e. The summed E-state index contributed by atoms with van der Waals surface area (Å²) in [4.78, 5) is 0. The molecule has 242 valence electrons. The molecule has 0 bridgehead atoms. The molecular weight excluding hydrogens is 625 g/mol. The van der Waals surface area contributed by atoms with Gasteiger partial charge in [0.25, 0.3) is 0 Å². The Morgan fingerprint density at radius 3 is 1.46 bits per heavy atom. The molecule has 0 saturated carbocycles. The molecule has 0 N–H and O–H groups in total. The molecule has 0 unspecified atom stereocenters. The van der Waals surface area contributed by atoms with Crippen molar-refractivity contribution < 1.29 is 0 Å². The molecule has 52 heavy (non-hydrogen) atoms. The lowest BCUT2D eigenvalue weighted by atomic mass is 9.85. The van der Waals surface area contributed by atoms with Gasteiger partial charge < -0.3 is 0 Å². The number of hydrogen-bond acceptors (Lipinski definition) is 0. The van der Waals surface area contributed by atoms with E-state index in [-0.39, 0.29) is 0 Å². The van der Waals surface area contributed by atoms with E-state index in [1.54, 1.807) is 0 Å². The van der Waals surface area contributed by atoms with Crippen molar-refractivity contribution in [3.8, 4) is 33.4 Å². The molecule has 10 rings (SSSR count). The molecule has 0 nitrogen and oxygen atoms in total. The number of benzene rings is 10. The summed E-state index contributed by atoms with van der Waals surface area (Å²) < 4.78 is 0. The van der Waals surface area contributed by atoms with Crippen molar-refractivity contribution in [3.63, 3.8) is 0 Å². The molecule has 0 fully saturated rings. The molecular formula is C52H34. The molecule has 0 aliphatic heterocycles. The summed E-state index contributed by atoms with van der Waals surface area (Å²) in [6, 6.07) is 70.9. The zero-order valence-corrected chi connectivity index (χ0v) is 28.6.